The van der Waals surface area contributed by atoms with Crippen molar-refractivity contribution in [3.8, 4) is 5.13 Å². The Labute approximate surface area is 237 Å². The zero-order chi connectivity index (χ0) is 29.7. The third-order valence-corrected chi connectivity index (χ3v) is 9.48. The number of alkyl halides is 3. The summed E-state index contributed by atoms with van der Waals surface area (Å²) < 4.78 is 77.5. The lowest BCUT2D eigenvalue weighted by molar-refractivity contribution is -0.0725. The molecule has 0 atom stereocenters. The van der Waals surface area contributed by atoms with Crippen molar-refractivity contribution in [3.05, 3.63) is 39.3 Å². The molecular weight excluding hydrogens is 587 g/mol. The first kappa shape index (κ1) is 29.2. The summed E-state index contributed by atoms with van der Waals surface area (Å²) in [5.74, 6) is 0. The van der Waals surface area contributed by atoms with Gasteiger partial charge in [0, 0.05) is 39.3 Å². The number of aryl methyl sites for hydroxylation is 1. The second kappa shape index (κ2) is 10.8. The van der Waals surface area contributed by atoms with Crippen LogP contribution in [0.1, 0.15) is 30.3 Å². The van der Waals surface area contributed by atoms with Crippen molar-refractivity contribution < 1.29 is 31.1 Å². The molecule has 2 aromatic heterocycles. The van der Waals surface area contributed by atoms with Crippen LogP contribution in [0.4, 0.5) is 18.0 Å². The SMILES string of the molecule is CCn1c(=O)n(-c2nnc(C(F)F)s2)c2cc(S(=O)(=O)NC3(CF)COC3)cc(C3=CCN(C(=O)N(C)C)CC3)c21. The van der Waals surface area contributed by atoms with Crippen molar-refractivity contribution in [3.63, 3.8) is 0 Å². The van der Waals surface area contributed by atoms with Crippen LogP contribution in [0.15, 0.2) is 27.9 Å². The average Bonchev–Trinajstić information content (AvgIpc) is 3.51. The van der Waals surface area contributed by atoms with Crippen LogP contribution < -0.4 is 10.4 Å². The molecule has 222 valence electrons. The summed E-state index contributed by atoms with van der Waals surface area (Å²) in [7, 11) is -1.07. The number of halogens is 3. The van der Waals surface area contributed by atoms with E-state index < -0.39 is 39.4 Å². The molecule has 0 aliphatic carbocycles. The topological polar surface area (TPSA) is 132 Å². The van der Waals surface area contributed by atoms with Crippen LogP contribution in [-0.2, 0) is 21.3 Å². The van der Waals surface area contributed by atoms with Gasteiger partial charge in [-0.05, 0) is 31.1 Å². The van der Waals surface area contributed by atoms with Gasteiger partial charge < -0.3 is 14.5 Å². The minimum atomic E-state index is -4.34. The molecule has 12 nitrogen and oxygen atoms in total. The molecule has 1 aromatic carbocycles. The highest BCUT2D eigenvalue weighted by molar-refractivity contribution is 7.89. The predicted molar refractivity (Wildman–Crippen MR) is 145 cm³/mol. The van der Waals surface area contributed by atoms with Crippen molar-refractivity contribution in [2.24, 2.45) is 0 Å². The Morgan fingerprint density at radius 1 is 1.27 bits per heavy atom. The van der Waals surface area contributed by atoms with Crippen molar-refractivity contribution >= 4 is 44.0 Å². The van der Waals surface area contributed by atoms with Gasteiger partial charge in [0.25, 0.3) is 6.43 Å². The highest BCUT2D eigenvalue weighted by Crippen LogP contribution is 2.35. The number of sulfonamides is 1. The number of fused-ring (bicyclic) bond motifs is 1. The summed E-state index contributed by atoms with van der Waals surface area (Å²) in [6.07, 6.45) is -0.770. The van der Waals surface area contributed by atoms with E-state index in [1.165, 1.54) is 21.6 Å². The summed E-state index contributed by atoms with van der Waals surface area (Å²) in [6.45, 7) is 1.22. The van der Waals surface area contributed by atoms with Crippen LogP contribution in [0, 0.1) is 0 Å². The lowest BCUT2D eigenvalue weighted by Gasteiger charge is -2.39. The van der Waals surface area contributed by atoms with E-state index in [9.17, 15) is 31.2 Å². The number of aromatic nitrogens is 4. The van der Waals surface area contributed by atoms with Crippen LogP contribution in [0.2, 0.25) is 0 Å². The number of rotatable bonds is 8. The quantitative estimate of drug-likeness (QED) is 0.412. The Balaban J connectivity index is 1.73. The van der Waals surface area contributed by atoms with E-state index in [4.69, 9.17) is 4.74 Å². The molecule has 5 rings (SSSR count). The molecule has 4 heterocycles. The number of urea groups is 1. The monoisotopic (exact) mass is 615 g/mol. The van der Waals surface area contributed by atoms with Crippen LogP contribution in [0.25, 0.3) is 21.7 Å². The Morgan fingerprint density at radius 3 is 2.51 bits per heavy atom. The van der Waals surface area contributed by atoms with Gasteiger partial charge >= 0.3 is 11.7 Å². The molecule has 3 aromatic rings. The van der Waals surface area contributed by atoms with Gasteiger partial charge in [-0.25, -0.2) is 35.7 Å². The normalized spacial score (nSPS) is 17.1. The molecule has 0 saturated carbocycles. The van der Waals surface area contributed by atoms with Crippen molar-refractivity contribution in [1.29, 1.82) is 0 Å². The van der Waals surface area contributed by atoms with Crippen LogP contribution in [0.3, 0.4) is 0 Å². The van der Waals surface area contributed by atoms with Crippen molar-refractivity contribution in [2.75, 3.05) is 47.1 Å². The smallest absolute Gasteiger partial charge is 0.335 e. The first-order valence-corrected chi connectivity index (χ1v) is 15.0. The third kappa shape index (κ3) is 5.15. The van der Waals surface area contributed by atoms with Gasteiger partial charge in [0.05, 0.1) is 29.1 Å². The summed E-state index contributed by atoms with van der Waals surface area (Å²) in [5, 5.41) is 6.53. The molecule has 1 fully saturated rings. The van der Waals surface area contributed by atoms with Gasteiger partial charge in [-0.15, -0.1) is 10.2 Å². The number of carbonyl (C=O) groups excluding carboxylic acids is 1. The number of benzene rings is 1. The lowest BCUT2D eigenvalue weighted by Crippen LogP contribution is -2.63. The van der Waals surface area contributed by atoms with Gasteiger partial charge in [-0.1, -0.05) is 17.4 Å². The van der Waals surface area contributed by atoms with E-state index in [-0.39, 0.29) is 47.9 Å². The minimum Gasteiger partial charge on any atom is -0.377 e. The first-order valence-electron chi connectivity index (χ1n) is 12.7. The number of hydrogen-bond acceptors (Lipinski definition) is 8. The maximum atomic E-state index is 13.8. The summed E-state index contributed by atoms with van der Waals surface area (Å²) in [5.41, 5.74) is -0.445. The van der Waals surface area contributed by atoms with E-state index in [0.717, 1.165) is 4.57 Å². The number of carbonyl (C=O) groups is 1. The van der Waals surface area contributed by atoms with E-state index in [2.05, 4.69) is 14.9 Å². The summed E-state index contributed by atoms with van der Waals surface area (Å²) in [4.78, 5) is 28.9. The zero-order valence-electron chi connectivity index (χ0n) is 22.4. The van der Waals surface area contributed by atoms with Crippen molar-refractivity contribution in [2.45, 2.75) is 36.7 Å². The molecule has 0 radical (unpaired) electrons. The highest BCUT2D eigenvalue weighted by atomic mass is 32.2. The van der Waals surface area contributed by atoms with E-state index in [1.54, 1.807) is 32.0 Å². The van der Waals surface area contributed by atoms with Crippen LogP contribution in [-0.4, -0.2) is 96.2 Å². The van der Waals surface area contributed by atoms with Crippen molar-refractivity contribution in [1.82, 2.24) is 33.9 Å². The number of amides is 2. The molecular formula is C24H28F3N7O5S2. The highest BCUT2D eigenvalue weighted by Gasteiger charge is 2.43. The van der Waals surface area contributed by atoms with Gasteiger partial charge in [-0.2, -0.15) is 4.72 Å². The predicted octanol–water partition coefficient (Wildman–Crippen LogP) is 2.39. The number of nitrogens with zero attached hydrogens (tertiary/aromatic N) is 6. The molecule has 2 amide bonds. The second-order valence-corrected chi connectivity index (χ2v) is 12.7. The third-order valence-electron chi connectivity index (χ3n) is 7.00. The number of imidazole rings is 1. The fourth-order valence-electron chi connectivity index (χ4n) is 4.88. The van der Waals surface area contributed by atoms with Gasteiger partial charge in [0.15, 0.2) is 5.01 Å². The molecule has 0 unspecified atom stereocenters. The standard InChI is InChI=1S/C24H28F3N7O5S2/c1-4-33-18-16(14-5-7-32(8-6-14)22(35)31(2)3)9-15(41(37,38)30-24(11-25)12-39-13-24)10-17(18)34(23(33)36)21-29-28-20(40-21)19(26)27/h5,9-10,19,30H,4,6-8,11-13H2,1-3H3. The molecule has 0 bridgehead atoms. The van der Waals surface area contributed by atoms with Gasteiger partial charge in [0.1, 0.15) is 12.2 Å². The Hall–Kier alpha value is -3.28. The second-order valence-electron chi connectivity index (χ2n) is 10.0. The summed E-state index contributed by atoms with van der Waals surface area (Å²) >= 11 is 0.517. The lowest BCUT2D eigenvalue weighted by atomic mass is 9.98. The van der Waals surface area contributed by atoms with Crippen LogP contribution >= 0.6 is 11.3 Å². The molecule has 0 spiro atoms. The molecule has 41 heavy (non-hydrogen) atoms. The van der Waals surface area contributed by atoms with E-state index >= 15 is 0 Å². The summed E-state index contributed by atoms with van der Waals surface area (Å²) in [6, 6.07) is 2.47. The minimum absolute atomic E-state index is 0.110. The average molecular weight is 616 g/mol. The maximum absolute atomic E-state index is 13.8. The van der Waals surface area contributed by atoms with E-state index in [1.807, 2.05) is 0 Å². The van der Waals surface area contributed by atoms with Crippen LogP contribution in [0.5, 0.6) is 0 Å². The first-order chi connectivity index (χ1) is 19.4. The molecule has 17 heteroatoms. The molecule has 2 aliphatic rings. The molecule has 1 N–H and O–H groups in total. The van der Waals surface area contributed by atoms with Gasteiger partial charge in [-0.3, -0.25) is 4.57 Å². The number of nitrogens with one attached hydrogen (secondary N) is 1. The maximum Gasteiger partial charge on any atom is 0.335 e. The Morgan fingerprint density at radius 2 is 2.00 bits per heavy atom. The molecule has 1 saturated heterocycles. The van der Waals surface area contributed by atoms with Gasteiger partial charge in [0.2, 0.25) is 15.2 Å². The number of hydrogen-bond donors (Lipinski definition) is 1. The Bertz CT molecular complexity index is 1690. The fourth-order valence-corrected chi connectivity index (χ4v) is 6.98. The largest absolute Gasteiger partial charge is 0.377 e. The number of ether oxygens (including phenoxy) is 1. The zero-order valence-corrected chi connectivity index (χ0v) is 24.1. The molecule has 2 aliphatic heterocycles. The Kier molecular flexibility index (Phi) is 7.73. The van der Waals surface area contributed by atoms with E-state index in [0.29, 0.717) is 41.0 Å². The fraction of sp³-hybridized carbons (Fsp3) is 0.500.